The Morgan fingerprint density at radius 1 is 0.900 bits per heavy atom. The van der Waals surface area contributed by atoms with Crippen LogP contribution in [0.15, 0.2) is 47.4 Å². The van der Waals surface area contributed by atoms with Crippen molar-refractivity contribution in [3.63, 3.8) is 0 Å². The Hall–Kier alpha value is -2.33. The molecular weight excluding hydrogens is 433 g/mol. The number of imide groups is 1. The number of carbonyl (C=O) groups excluding carboxylic acids is 2. The number of piperazine rings is 1. The van der Waals surface area contributed by atoms with Crippen LogP contribution in [0.4, 0.5) is 4.39 Å². The van der Waals surface area contributed by atoms with E-state index in [4.69, 9.17) is 11.6 Å². The maximum absolute atomic E-state index is 13.3. The number of rotatable bonds is 5. The van der Waals surface area contributed by atoms with Crippen molar-refractivity contribution >= 4 is 33.4 Å². The first-order chi connectivity index (χ1) is 14.3. The van der Waals surface area contributed by atoms with E-state index in [1.165, 1.54) is 15.3 Å². The van der Waals surface area contributed by atoms with Crippen LogP contribution < -0.4 is 0 Å². The van der Waals surface area contributed by atoms with Crippen LogP contribution in [0.5, 0.6) is 0 Å². The number of fused-ring (bicyclic) bond motifs is 1. The Kier molecular flexibility index (Phi) is 5.63. The highest BCUT2D eigenvalue weighted by Crippen LogP contribution is 2.24. The number of hydrogen-bond donors (Lipinski definition) is 0. The van der Waals surface area contributed by atoms with Gasteiger partial charge in [-0.2, -0.15) is 4.31 Å². The number of carbonyl (C=O) groups is 2. The Morgan fingerprint density at radius 2 is 1.50 bits per heavy atom. The smallest absolute Gasteiger partial charge is 0.261 e. The molecule has 0 aliphatic carbocycles. The minimum absolute atomic E-state index is 0.0478. The molecule has 2 aromatic rings. The van der Waals surface area contributed by atoms with Crippen LogP contribution >= 0.6 is 11.6 Å². The molecule has 0 N–H and O–H groups in total. The van der Waals surface area contributed by atoms with E-state index in [0.29, 0.717) is 30.8 Å². The fourth-order valence-electron chi connectivity index (χ4n) is 3.66. The fraction of sp³-hybridized carbons (Fsp3) is 0.300. The Labute approximate surface area is 178 Å². The van der Waals surface area contributed by atoms with Gasteiger partial charge in [-0.3, -0.25) is 19.4 Å². The van der Waals surface area contributed by atoms with Crippen molar-refractivity contribution in [2.45, 2.75) is 4.90 Å². The fourth-order valence-corrected chi connectivity index (χ4v) is 5.36. The van der Waals surface area contributed by atoms with E-state index >= 15 is 0 Å². The van der Waals surface area contributed by atoms with Crippen LogP contribution in [0.2, 0.25) is 5.02 Å². The summed E-state index contributed by atoms with van der Waals surface area (Å²) >= 11 is 5.72. The molecule has 1 saturated heterocycles. The van der Waals surface area contributed by atoms with Gasteiger partial charge in [0.2, 0.25) is 10.0 Å². The van der Waals surface area contributed by atoms with E-state index in [1.54, 1.807) is 24.3 Å². The minimum Gasteiger partial charge on any atom is -0.299 e. The molecule has 0 bridgehead atoms. The van der Waals surface area contributed by atoms with Crippen LogP contribution in [-0.4, -0.2) is 73.6 Å². The molecule has 0 spiro atoms. The van der Waals surface area contributed by atoms with E-state index in [9.17, 15) is 22.4 Å². The molecule has 4 rings (SSSR count). The first-order valence-electron chi connectivity index (χ1n) is 9.42. The second-order valence-corrected chi connectivity index (χ2v) is 9.47. The van der Waals surface area contributed by atoms with E-state index in [-0.39, 0.29) is 41.4 Å². The summed E-state index contributed by atoms with van der Waals surface area (Å²) in [5.41, 5.74) is 0.827. The third-order valence-electron chi connectivity index (χ3n) is 5.38. The molecule has 2 heterocycles. The summed E-state index contributed by atoms with van der Waals surface area (Å²) in [5, 5.41) is -0.240. The van der Waals surface area contributed by atoms with Gasteiger partial charge in [0.05, 0.1) is 21.0 Å². The number of benzene rings is 2. The van der Waals surface area contributed by atoms with Crippen LogP contribution in [0.3, 0.4) is 0 Å². The molecule has 0 atom stereocenters. The van der Waals surface area contributed by atoms with Crippen molar-refractivity contribution in [1.82, 2.24) is 14.1 Å². The SMILES string of the molecule is O=C1c2ccccc2C(=O)N1CCN1CCN(S(=O)(=O)c2ccc(F)c(Cl)c2)CC1. The Morgan fingerprint density at radius 3 is 2.07 bits per heavy atom. The average molecular weight is 452 g/mol. The highest BCUT2D eigenvalue weighted by Gasteiger charge is 2.35. The third kappa shape index (κ3) is 3.74. The Bertz CT molecular complexity index is 1080. The Balaban J connectivity index is 1.35. The summed E-state index contributed by atoms with van der Waals surface area (Å²) in [4.78, 5) is 28.1. The number of sulfonamides is 1. The van der Waals surface area contributed by atoms with Crippen molar-refractivity contribution in [2.75, 3.05) is 39.3 Å². The largest absolute Gasteiger partial charge is 0.299 e. The molecule has 158 valence electrons. The molecule has 0 unspecified atom stereocenters. The molecular formula is C20H19ClFN3O4S. The molecule has 2 amide bonds. The van der Waals surface area contributed by atoms with Gasteiger partial charge in [0.1, 0.15) is 5.82 Å². The lowest BCUT2D eigenvalue weighted by molar-refractivity contribution is 0.0628. The van der Waals surface area contributed by atoms with Crippen molar-refractivity contribution < 1.29 is 22.4 Å². The monoisotopic (exact) mass is 451 g/mol. The summed E-state index contributed by atoms with van der Waals surface area (Å²) in [6, 6.07) is 10.1. The maximum Gasteiger partial charge on any atom is 0.261 e. The summed E-state index contributed by atoms with van der Waals surface area (Å²) < 4.78 is 40.2. The predicted molar refractivity (Wildman–Crippen MR) is 108 cm³/mol. The second-order valence-electron chi connectivity index (χ2n) is 7.13. The summed E-state index contributed by atoms with van der Waals surface area (Å²) in [5.74, 6) is -1.27. The van der Waals surface area contributed by atoms with Crippen LogP contribution in [0, 0.1) is 5.82 Å². The predicted octanol–water partition coefficient (Wildman–Crippen LogP) is 2.08. The lowest BCUT2D eigenvalue weighted by Gasteiger charge is -2.34. The molecule has 7 nitrogen and oxygen atoms in total. The highest BCUT2D eigenvalue weighted by atomic mass is 35.5. The summed E-state index contributed by atoms with van der Waals surface area (Å²) in [7, 11) is -3.77. The van der Waals surface area contributed by atoms with Gasteiger partial charge in [-0.05, 0) is 30.3 Å². The highest BCUT2D eigenvalue weighted by molar-refractivity contribution is 7.89. The van der Waals surface area contributed by atoms with Crippen molar-refractivity contribution in [2.24, 2.45) is 0 Å². The minimum atomic E-state index is -3.77. The zero-order valence-electron chi connectivity index (χ0n) is 15.9. The van der Waals surface area contributed by atoms with Gasteiger partial charge in [0.25, 0.3) is 11.8 Å². The second kappa shape index (κ2) is 8.07. The average Bonchev–Trinajstić information content (AvgIpc) is 2.99. The van der Waals surface area contributed by atoms with Gasteiger partial charge >= 0.3 is 0 Å². The van der Waals surface area contributed by atoms with Gasteiger partial charge in [0, 0.05) is 39.3 Å². The van der Waals surface area contributed by atoms with Crippen molar-refractivity contribution in [1.29, 1.82) is 0 Å². The lowest BCUT2D eigenvalue weighted by Crippen LogP contribution is -2.50. The molecule has 30 heavy (non-hydrogen) atoms. The number of nitrogens with zero attached hydrogens (tertiary/aromatic N) is 3. The number of hydrogen-bond acceptors (Lipinski definition) is 5. The van der Waals surface area contributed by atoms with Gasteiger partial charge in [0.15, 0.2) is 0 Å². The van der Waals surface area contributed by atoms with Crippen LogP contribution in [0.25, 0.3) is 0 Å². The first-order valence-corrected chi connectivity index (χ1v) is 11.2. The number of amides is 2. The third-order valence-corrected chi connectivity index (χ3v) is 7.56. The molecule has 0 aromatic heterocycles. The zero-order valence-corrected chi connectivity index (χ0v) is 17.5. The lowest BCUT2D eigenvalue weighted by atomic mass is 10.1. The molecule has 10 heteroatoms. The molecule has 2 aliphatic heterocycles. The van der Waals surface area contributed by atoms with Gasteiger partial charge in [-0.1, -0.05) is 23.7 Å². The van der Waals surface area contributed by atoms with Crippen LogP contribution in [0.1, 0.15) is 20.7 Å². The summed E-state index contributed by atoms with van der Waals surface area (Å²) in [6.07, 6.45) is 0. The van der Waals surface area contributed by atoms with Gasteiger partial charge in [-0.15, -0.1) is 0 Å². The van der Waals surface area contributed by atoms with Crippen molar-refractivity contribution in [3.8, 4) is 0 Å². The normalized spacial score (nSPS) is 18.1. The van der Waals surface area contributed by atoms with E-state index in [2.05, 4.69) is 0 Å². The van der Waals surface area contributed by atoms with E-state index < -0.39 is 15.8 Å². The summed E-state index contributed by atoms with van der Waals surface area (Å²) in [6.45, 7) is 2.11. The zero-order chi connectivity index (χ0) is 21.5. The molecule has 1 fully saturated rings. The molecule has 0 saturated carbocycles. The first kappa shape index (κ1) is 20.9. The molecule has 2 aliphatic rings. The van der Waals surface area contributed by atoms with Gasteiger partial charge < -0.3 is 0 Å². The molecule has 0 radical (unpaired) electrons. The van der Waals surface area contributed by atoms with Crippen molar-refractivity contribution in [3.05, 3.63) is 64.4 Å². The van der Waals surface area contributed by atoms with Crippen LogP contribution in [-0.2, 0) is 10.0 Å². The van der Waals surface area contributed by atoms with E-state index in [0.717, 1.165) is 12.1 Å². The number of halogens is 2. The maximum atomic E-state index is 13.3. The van der Waals surface area contributed by atoms with E-state index in [1.807, 2.05) is 4.90 Å². The standard InChI is InChI=1S/C20H19ClFN3O4S/c21-17-13-14(5-6-18(17)22)30(28,29)24-10-7-23(8-11-24)9-12-25-19(26)15-3-1-2-4-16(15)20(25)27/h1-6,13H,7-12H2. The quantitative estimate of drug-likeness (QED) is 0.650. The molecule has 2 aromatic carbocycles. The topological polar surface area (TPSA) is 78.0 Å². The van der Waals surface area contributed by atoms with Gasteiger partial charge in [-0.25, -0.2) is 12.8 Å².